The van der Waals surface area contributed by atoms with Gasteiger partial charge in [0.15, 0.2) is 0 Å². The molecule has 0 unspecified atom stereocenters. The molecule has 0 fully saturated rings. The van der Waals surface area contributed by atoms with Crippen LogP contribution in [0.4, 0.5) is 5.69 Å². The zero-order valence-corrected chi connectivity index (χ0v) is 20.2. The fraction of sp³-hybridized carbons (Fsp3) is 0.333. The molecule has 0 spiro atoms. The first kappa shape index (κ1) is 24.7. The molecule has 0 aliphatic heterocycles. The fourth-order valence-electron chi connectivity index (χ4n) is 2.99. The summed E-state index contributed by atoms with van der Waals surface area (Å²) in [6.45, 7) is 1.31. The molecule has 0 aromatic heterocycles. The predicted octanol–water partition coefficient (Wildman–Crippen LogP) is 2.39. The molecule has 2 aromatic rings. The second kappa shape index (κ2) is 10.6. The maximum Gasteiger partial charge on any atom is 0.244 e. The summed E-state index contributed by atoms with van der Waals surface area (Å²) in [5, 5.41) is 2.54. The molecular formula is C21H26BrN3O5S. The van der Waals surface area contributed by atoms with Gasteiger partial charge in [0.05, 0.1) is 19.1 Å². The third-order valence-corrected chi connectivity index (χ3v) is 6.33. The molecule has 0 aliphatic carbocycles. The molecule has 0 radical (unpaired) electrons. The lowest BCUT2D eigenvalue weighted by Crippen LogP contribution is -2.50. The van der Waals surface area contributed by atoms with Crippen molar-refractivity contribution in [1.29, 1.82) is 0 Å². The van der Waals surface area contributed by atoms with E-state index in [0.717, 1.165) is 20.6 Å². The second-order valence-electron chi connectivity index (χ2n) is 6.91. The topological polar surface area (TPSA) is 96.0 Å². The number of likely N-dealkylation sites (N-methyl/N-ethyl adjacent to an activating group) is 1. The van der Waals surface area contributed by atoms with Crippen LogP contribution in [0.15, 0.2) is 53.0 Å². The Morgan fingerprint density at radius 3 is 2.32 bits per heavy atom. The number of nitrogens with one attached hydrogen (secondary N) is 1. The van der Waals surface area contributed by atoms with Gasteiger partial charge in [-0.2, -0.15) is 0 Å². The summed E-state index contributed by atoms with van der Waals surface area (Å²) in [7, 11) is -0.767. The van der Waals surface area contributed by atoms with E-state index in [-0.39, 0.29) is 12.5 Å². The maximum atomic E-state index is 13.3. The summed E-state index contributed by atoms with van der Waals surface area (Å²) in [5.41, 5.74) is 1.13. The van der Waals surface area contributed by atoms with Crippen molar-refractivity contribution in [3.8, 4) is 5.75 Å². The van der Waals surface area contributed by atoms with Crippen LogP contribution in [-0.4, -0.2) is 58.1 Å². The van der Waals surface area contributed by atoms with Crippen molar-refractivity contribution in [2.24, 2.45) is 0 Å². The molecule has 2 amide bonds. The number of hydrogen-bond acceptors (Lipinski definition) is 5. The Bertz CT molecular complexity index is 1030. The number of anilines is 1. The van der Waals surface area contributed by atoms with Crippen molar-refractivity contribution < 1.29 is 22.7 Å². The van der Waals surface area contributed by atoms with Gasteiger partial charge < -0.3 is 15.0 Å². The average molecular weight is 512 g/mol. The molecule has 2 rings (SSSR count). The summed E-state index contributed by atoms with van der Waals surface area (Å²) in [4.78, 5) is 26.9. The number of methoxy groups -OCH3 is 1. The van der Waals surface area contributed by atoms with E-state index in [1.165, 1.54) is 19.1 Å². The molecule has 168 valence electrons. The van der Waals surface area contributed by atoms with Crippen molar-refractivity contribution in [1.82, 2.24) is 10.2 Å². The van der Waals surface area contributed by atoms with Gasteiger partial charge >= 0.3 is 0 Å². The van der Waals surface area contributed by atoms with Crippen molar-refractivity contribution in [3.05, 3.63) is 58.6 Å². The van der Waals surface area contributed by atoms with Gasteiger partial charge in [0.1, 0.15) is 18.3 Å². The number of benzene rings is 2. The highest BCUT2D eigenvalue weighted by molar-refractivity contribution is 9.10. The number of nitrogens with zero attached hydrogens (tertiary/aromatic N) is 2. The largest absolute Gasteiger partial charge is 0.497 e. The lowest BCUT2D eigenvalue weighted by molar-refractivity contribution is -0.139. The minimum absolute atomic E-state index is 0.146. The van der Waals surface area contributed by atoms with E-state index in [9.17, 15) is 18.0 Å². The van der Waals surface area contributed by atoms with Gasteiger partial charge in [-0.3, -0.25) is 13.9 Å². The van der Waals surface area contributed by atoms with Gasteiger partial charge in [0.25, 0.3) is 0 Å². The molecule has 0 saturated heterocycles. The highest BCUT2D eigenvalue weighted by atomic mass is 79.9. The van der Waals surface area contributed by atoms with Gasteiger partial charge in [-0.05, 0) is 48.9 Å². The number of carbonyl (C=O) groups is 2. The van der Waals surface area contributed by atoms with E-state index in [1.807, 2.05) is 24.3 Å². The van der Waals surface area contributed by atoms with Crippen LogP contribution in [0.1, 0.15) is 12.5 Å². The van der Waals surface area contributed by atoms with E-state index in [1.54, 1.807) is 31.2 Å². The number of hydrogen-bond donors (Lipinski definition) is 1. The van der Waals surface area contributed by atoms with Crippen LogP contribution in [0.2, 0.25) is 0 Å². The third kappa shape index (κ3) is 6.70. The first-order valence-corrected chi connectivity index (χ1v) is 12.1. The highest BCUT2D eigenvalue weighted by Crippen LogP contribution is 2.22. The number of carbonyl (C=O) groups excluding carboxylic acids is 2. The van der Waals surface area contributed by atoms with Crippen molar-refractivity contribution in [2.45, 2.75) is 19.5 Å². The number of halogens is 1. The van der Waals surface area contributed by atoms with Crippen molar-refractivity contribution >= 4 is 43.5 Å². The van der Waals surface area contributed by atoms with Crippen LogP contribution in [-0.2, 0) is 26.2 Å². The quantitative estimate of drug-likeness (QED) is 0.557. The normalized spacial score (nSPS) is 12.0. The minimum atomic E-state index is -3.76. The van der Waals surface area contributed by atoms with Crippen LogP contribution in [0.25, 0.3) is 0 Å². The summed E-state index contributed by atoms with van der Waals surface area (Å²) < 4.78 is 31.8. The molecular weight excluding hydrogens is 486 g/mol. The van der Waals surface area contributed by atoms with E-state index in [2.05, 4.69) is 21.2 Å². The fourth-order valence-corrected chi connectivity index (χ4v) is 4.28. The first-order chi connectivity index (χ1) is 14.6. The average Bonchev–Trinajstić information content (AvgIpc) is 2.74. The van der Waals surface area contributed by atoms with Crippen LogP contribution >= 0.6 is 15.9 Å². The summed E-state index contributed by atoms with van der Waals surface area (Å²) >= 11 is 3.40. The first-order valence-electron chi connectivity index (χ1n) is 9.44. The monoisotopic (exact) mass is 511 g/mol. The second-order valence-corrected chi connectivity index (χ2v) is 9.73. The Kier molecular flexibility index (Phi) is 8.46. The lowest BCUT2D eigenvalue weighted by atomic mass is 10.1. The van der Waals surface area contributed by atoms with Gasteiger partial charge in [0, 0.05) is 18.1 Å². The molecule has 0 heterocycles. The lowest BCUT2D eigenvalue weighted by Gasteiger charge is -2.31. The Hall–Kier alpha value is -2.59. The van der Waals surface area contributed by atoms with E-state index >= 15 is 0 Å². The summed E-state index contributed by atoms with van der Waals surface area (Å²) in [6.07, 6.45) is 1.03. The molecule has 8 nitrogen and oxygen atoms in total. The van der Waals surface area contributed by atoms with E-state index in [4.69, 9.17) is 4.74 Å². The minimum Gasteiger partial charge on any atom is -0.497 e. The number of sulfonamides is 1. The van der Waals surface area contributed by atoms with Gasteiger partial charge in [-0.15, -0.1) is 0 Å². The van der Waals surface area contributed by atoms with Crippen LogP contribution in [0, 0.1) is 0 Å². The molecule has 2 aromatic carbocycles. The Balaban J connectivity index is 2.36. The summed E-state index contributed by atoms with van der Waals surface area (Å²) in [5.74, 6) is -0.288. The zero-order chi connectivity index (χ0) is 23.2. The molecule has 1 atom stereocenters. The molecule has 31 heavy (non-hydrogen) atoms. The molecule has 1 N–H and O–H groups in total. The molecule has 0 bridgehead atoms. The summed E-state index contributed by atoms with van der Waals surface area (Å²) in [6, 6.07) is 12.9. The predicted molar refractivity (Wildman–Crippen MR) is 123 cm³/mol. The highest BCUT2D eigenvalue weighted by Gasteiger charge is 2.29. The molecule has 0 aliphatic rings. The van der Waals surface area contributed by atoms with Gasteiger partial charge in [-0.25, -0.2) is 8.42 Å². The number of amides is 2. The van der Waals surface area contributed by atoms with E-state index in [0.29, 0.717) is 11.4 Å². The number of rotatable bonds is 9. The standard InChI is InChI=1S/C21H26BrN3O5S/c1-15(21(27)23-2)24(13-16-6-5-7-17(22)12-16)20(26)14-25(31(4,28)29)18-8-10-19(30-3)11-9-18/h5-12,15H,13-14H2,1-4H3,(H,23,27)/t15-/m1/s1. The van der Waals surface area contributed by atoms with Crippen LogP contribution in [0.5, 0.6) is 5.75 Å². The maximum absolute atomic E-state index is 13.3. The Labute approximate surface area is 191 Å². The van der Waals surface area contributed by atoms with Crippen molar-refractivity contribution in [2.75, 3.05) is 31.3 Å². The van der Waals surface area contributed by atoms with E-state index < -0.39 is 28.5 Å². The van der Waals surface area contributed by atoms with Gasteiger partial charge in [0.2, 0.25) is 21.8 Å². The zero-order valence-electron chi connectivity index (χ0n) is 17.8. The Morgan fingerprint density at radius 2 is 1.81 bits per heavy atom. The molecule has 0 saturated carbocycles. The smallest absolute Gasteiger partial charge is 0.244 e. The number of ether oxygens (including phenoxy) is 1. The Morgan fingerprint density at radius 1 is 1.16 bits per heavy atom. The SMILES string of the molecule is CNC(=O)[C@@H](C)N(Cc1cccc(Br)c1)C(=O)CN(c1ccc(OC)cc1)S(C)(=O)=O. The third-order valence-electron chi connectivity index (χ3n) is 4.70. The van der Waals surface area contributed by atoms with Crippen LogP contribution in [0.3, 0.4) is 0 Å². The molecule has 10 heteroatoms. The van der Waals surface area contributed by atoms with Crippen molar-refractivity contribution in [3.63, 3.8) is 0 Å². The van der Waals surface area contributed by atoms with Crippen LogP contribution < -0.4 is 14.4 Å². The van der Waals surface area contributed by atoms with Gasteiger partial charge in [-0.1, -0.05) is 28.1 Å².